The van der Waals surface area contributed by atoms with Gasteiger partial charge in [0.1, 0.15) is 6.04 Å². The minimum Gasteiger partial charge on any atom is -0.274 e. The van der Waals surface area contributed by atoms with Crippen molar-refractivity contribution in [3.63, 3.8) is 0 Å². The van der Waals surface area contributed by atoms with Crippen LogP contribution in [-0.4, -0.2) is 34.4 Å². The van der Waals surface area contributed by atoms with E-state index < -0.39 is 23.8 Å². The number of aryl methyl sites for hydroxylation is 1. The zero-order chi connectivity index (χ0) is 19.6. The third-order valence-electron chi connectivity index (χ3n) is 5.00. The molecule has 1 amide bonds. The second-order valence-corrected chi connectivity index (χ2v) is 6.72. The average molecular weight is 381 g/mol. The summed E-state index contributed by atoms with van der Waals surface area (Å²) in [5.41, 5.74) is 1.45. The molecule has 2 atom stereocenters. The SMILES string of the molecule is CON(CC1CCCc2ccccc21)C(=O)C(C)n1ccc(C(F)(F)F)n1. The summed E-state index contributed by atoms with van der Waals surface area (Å²) >= 11 is 0. The van der Waals surface area contributed by atoms with Gasteiger partial charge in [-0.3, -0.25) is 14.3 Å². The van der Waals surface area contributed by atoms with Gasteiger partial charge in [-0.05, 0) is 43.4 Å². The summed E-state index contributed by atoms with van der Waals surface area (Å²) in [4.78, 5) is 18.0. The Balaban J connectivity index is 1.74. The van der Waals surface area contributed by atoms with Crippen molar-refractivity contribution in [1.82, 2.24) is 14.8 Å². The van der Waals surface area contributed by atoms with Gasteiger partial charge >= 0.3 is 6.18 Å². The lowest BCUT2D eigenvalue weighted by atomic mass is 9.83. The quantitative estimate of drug-likeness (QED) is 0.737. The topological polar surface area (TPSA) is 47.4 Å². The molecule has 1 aromatic heterocycles. The van der Waals surface area contributed by atoms with E-state index in [0.717, 1.165) is 36.2 Å². The normalized spacial score (nSPS) is 18.0. The van der Waals surface area contributed by atoms with Crippen LogP contribution >= 0.6 is 0 Å². The first kappa shape index (κ1) is 19.4. The van der Waals surface area contributed by atoms with Crippen molar-refractivity contribution in [2.24, 2.45) is 0 Å². The van der Waals surface area contributed by atoms with E-state index in [1.807, 2.05) is 12.1 Å². The van der Waals surface area contributed by atoms with E-state index in [1.54, 1.807) is 0 Å². The van der Waals surface area contributed by atoms with Crippen LogP contribution in [0, 0.1) is 0 Å². The molecule has 1 aromatic carbocycles. The smallest absolute Gasteiger partial charge is 0.274 e. The van der Waals surface area contributed by atoms with Gasteiger partial charge in [-0.2, -0.15) is 18.3 Å². The standard InChI is InChI=1S/C19H22F3N3O2/c1-13(24-11-10-17(23-24)19(20,21)22)18(26)25(27-2)12-15-8-5-7-14-6-3-4-9-16(14)15/h3-4,6,9-11,13,15H,5,7-8,12H2,1-2H3. The lowest BCUT2D eigenvalue weighted by Gasteiger charge is -2.31. The number of nitrogens with zero attached hydrogens (tertiary/aromatic N) is 3. The third-order valence-corrected chi connectivity index (χ3v) is 5.00. The highest BCUT2D eigenvalue weighted by Gasteiger charge is 2.35. The summed E-state index contributed by atoms with van der Waals surface area (Å²) in [6.07, 6.45) is -0.414. The molecule has 0 radical (unpaired) electrons. The maximum atomic E-state index is 12.8. The fourth-order valence-corrected chi connectivity index (χ4v) is 3.53. The number of alkyl halides is 3. The number of hydrogen-bond acceptors (Lipinski definition) is 3. The van der Waals surface area contributed by atoms with E-state index in [-0.39, 0.29) is 5.92 Å². The Morgan fingerprint density at radius 1 is 1.37 bits per heavy atom. The molecule has 1 heterocycles. The maximum absolute atomic E-state index is 12.8. The van der Waals surface area contributed by atoms with Crippen LogP contribution in [-0.2, 0) is 22.2 Å². The van der Waals surface area contributed by atoms with Gasteiger partial charge in [-0.15, -0.1) is 0 Å². The van der Waals surface area contributed by atoms with Crippen LogP contribution in [0.5, 0.6) is 0 Å². The third kappa shape index (κ3) is 4.16. The van der Waals surface area contributed by atoms with Crippen molar-refractivity contribution in [1.29, 1.82) is 0 Å². The largest absolute Gasteiger partial charge is 0.435 e. The molecule has 27 heavy (non-hydrogen) atoms. The van der Waals surface area contributed by atoms with Gasteiger partial charge in [-0.1, -0.05) is 24.3 Å². The minimum atomic E-state index is -4.54. The van der Waals surface area contributed by atoms with Crippen LogP contribution in [0.25, 0.3) is 0 Å². The van der Waals surface area contributed by atoms with E-state index in [1.165, 1.54) is 30.2 Å². The molecule has 0 saturated carbocycles. The van der Waals surface area contributed by atoms with Crippen molar-refractivity contribution in [2.45, 2.75) is 44.3 Å². The van der Waals surface area contributed by atoms with Gasteiger partial charge in [0.05, 0.1) is 13.7 Å². The molecular weight excluding hydrogens is 359 g/mol. The molecule has 5 nitrogen and oxygen atoms in total. The lowest BCUT2D eigenvalue weighted by molar-refractivity contribution is -0.181. The Morgan fingerprint density at radius 2 is 2.11 bits per heavy atom. The number of hydroxylamine groups is 2. The summed E-state index contributed by atoms with van der Waals surface area (Å²) in [5.74, 6) is -0.299. The maximum Gasteiger partial charge on any atom is 0.435 e. The molecule has 0 saturated heterocycles. The van der Waals surface area contributed by atoms with E-state index in [9.17, 15) is 18.0 Å². The number of carbonyl (C=O) groups is 1. The summed E-state index contributed by atoms with van der Waals surface area (Å²) in [7, 11) is 1.39. The van der Waals surface area contributed by atoms with Crippen LogP contribution in [0.15, 0.2) is 36.5 Å². The molecule has 2 aromatic rings. The van der Waals surface area contributed by atoms with Gasteiger partial charge < -0.3 is 0 Å². The van der Waals surface area contributed by atoms with Crippen molar-refractivity contribution in [3.8, 4) is 0 Å². The molecule has 0 spiro atoms. The van der Waals surface area contributed by atoms with Crippen LogP contribution in [0.3, 0.4) is 0 Å². The molecule has 1 aliphatic rings. The molecule has 8 heteroatoms. The van der Waals surface area contributed by atoms with E-state index in [4.69, 9.17) is 4.84 Å². The molecule has 2 unspecified atom stereocenters. The predicted molar refractivity (Wildman–Crippen MR) is 92.8 cm³/mol. The van der Waals surface area contributed by atoms with Crippen LogP contribution < -0.4 is 0 Å². The number of carbonyl (C=O) groups excluding carboxylic acids is 1. The van der Waals surface area contributed by atoms with E-state index in [0.29, 0.717) is 6.54 Å². The molecule has 0 N–H and O–H groups in total. The van der Waals surface area contributed by atoms with Crippen LogP contribution in [0.4, 0.5) is 13.2 Å². The molecule has 1 aliphatic carbocycles. The van der Waals surface area contributed by atoms with Crippen LogP contribution in [0.1, 0.15) is 48.5 Å². The highest BCUT2D eigenvalue weighted by Crippen LogP contribution is 2.33. The monoisotopic (exact) mass is 381 g/mol. The summed E-state index contributed by atoms with van der Waals surface area (Å²) in [6.45, 7) is 1.86. The van der Waals surface area contributed by atoms with Crippen molar-refractivity contribution >= 4 is 5.91 Å². The Labute approximate surface area is 155 Å². The molecule has 0 fully saturated rings. The second kappa shape index (κ2) is 7.72. The number of amides is 1. The Morgan fingerprint density at radius 3 is 2.78 bits per heavy atom. The van der Waals surface area contributed by atoms with E-state index >= 15 is 0 Å². The molecular formula is C19H22F3N3O2. The van der Waals surface area contributed by atoms with Gasteiger partial charge in [-0.25, -0.2) is 5.06 Å². The van der Waals surface area contributed by atoms with Crippen molar-refractivity contribution < 1.29 is 22.8 Å². The first-order chi connectivity index (χ1) is 12.8. The predicted octanol–water partition coefficient (Wildman–Crippen LogP) is 3.97. The first-order valence-electron chi connectivity index (χ1n) is 8.87. The Hall–Kier alpha value is -2.35. The molecule has 3 rings (SSSR count). The number of halogens is 3. The molecule has 146 valence electrons. The minimum absolute atomic E-state index is 0.134. The van der Waals surface area contributed by atoms with Gasteiger partial charge in [0.25, 0.3) is 5.91 Å². The highest BCUT2D eigenvalue weighted by molar-refractivity contribution is 5.79. The highest BCUT2D eigenvalue weighted by atomic mass is 19.4. The van der Waals surface area contributed by atoms with Gasteiger partial charge in [0, 0.05) is 12.1 Å². The molecule has 0 aliphatic heterocycles. The number of hydrogen-bond donors (Lipinski definition) is 0. The number of rotatable bonds is 5. The lowest BCUT2D eigenvalue weighted by Crippen LogP contribution is -2.39. The number of benzene rings is 1. The van der Waals surface area contributed by atoms with Gasteiger partial charge in [0.15, 0.2) is 5.69 Å². The average Bonchev–Trinajstić information content (AvgIpc) is 3.15. The zero-order valence-electron chi connectivity index (χ0n) is 15.2. The Bertz CT molecular complexity index is 803. The Kier molecular flexibility index (Phi) is 5.55. The fraction of sp³-hybridized carbons (Fsp3) is 0.474. The number of fused-ring (bicyclic) bond motifs is 1. The number of aromatic nitrogens is 2. The van der Waals surface area contributed by atoms with Crippen LogP contribution in [0.2, 0.25) is 0 Å². The summed E-state index contributed by atoms with van der Waals surface area (Å²) in [6, 6.07) is 8.08. The van der Waals surface area contributed by atoms with Crippen molar-refractivity contribution in [2.75, 3.05) is 13.7 Å². The zero-order valence-corrected chi connectivity index (χ0v) is 15.2. The fourth-order valence-electron chi connectivity index (χ4n) is 3.53. The van der Waals surface area contributed by atoms with Crippen molar-refractivity contribution in [3.05, 3.63) is 53.3 Å². The summed E-state index contributed by atoms with van der Waals surface area (Å²) in [5, 5.41) is 4.72. The van der Waals surface area contributed by atoms with Gasteiger partial charge in [0.2, 0.25) is 0 Å². The molecule has 0 bridgehead atoms. The second-order valence-electron chi connectivity index (χ2n) is 6.72. The first-order valence-corrected chi connectivity index (χ1v) is 8.87. The van der Waals surface area contributed by atoms with E-state index in [2.05, 4.69) is 17.2 Å². The summed E-state index contributed by atoms with van der Waals surface area (Å²) < 4.78 is 39.3.